The Labute approximate surface area is 157 Å². The Balaban J connectivity index is 3.69. The van der Waals surface area contributed by atoms with Gasteiger partial charge in [0.15, 0.2) is 0 Å². The number of allylic oxidation sites excluding steroid dienone is 11. The predicted molar refractivity (Wildman–Crippen MR) is 108 cm³/mol. The van der Waals surface area contributed by atoms with Gasteiger partial charge in [0.1, 0.15) is 0 Å². The molecule has 0 aliphatic rings. The Morgan fingerprint density at radius 3 is 1.77 bits per heavy atom. The van der Waals surface area contributed by atoms with Gasteiger partial charge in [0, 0.05) is 6.42 Å². The van der Waals surface area contributed by atoms with Crippen molar-refractivity contribution in [3.8, 4) is 0 Å². The number of hydrogen-bond donors (Lipinski definition) is 3. The van der Waals surface area contributed by atoms with Crippen LogP contribution in [0.3, 0.4) is 0 Å². The molecule has 0 unspecified atom stereocenters. The number of rotatable bonds is 14. The first kappa shape index (κ1) is 23.8. The molecule has 0 spiro atoms. The van der Waals surface area contributed by atoms with Gasteiger partial charge in [0.2, 0.25) is 0 Å². The largest absolute Gasteiger partial charge is 0.477 e. The summed E-state index contributed by atoms with van der Waals surface area (Å²) in [6.07, 6.45) is 29.4. The molecule has 0 saturated heterocycles. The molecule has 0 bridgehead atoms. The molecule has 0 aliphatic heterocycles. The highest BCUT2D eigenvalue weighted by Gasteiger charge is 2.30. The van der Waals surface area contributed by atoms with Crippen molar-refractivity contribution in [1.82, 2.24) is 0 Å². The first-order valence-electron chi connectivity index (χ1n) is 9.12. The van der Waals surface area contributed by atoms with Crippen LogP contribution in [0, 0.1) is 0 Å². The van der Waals surface area contributed by atoms with Crippen molar-refractivity contribution in [2.75, 3.05) is 0 Å². The molecule has 0 aromatic carbocycles. The van der Waals surface area contributed by atoms with Crippen LogP contribution in [0.4, 0.5) is 0 Å². The lowest BCUT2D eigenvalue weighted by molar-refractivity contribution is -0.201. The van der Waals surface area contributed by atoms with Crippen LogP contribution < -0.4 is 0 Å². The number of hydrogen-bond acceptors (Lipinski definition) is 3. The number of carboxylic acid groups (broad SMARTS) is 1. The highest BCUT2D eigenvalue weighted by Crippen LogP contribution is 2.07. The molecule has 0 radical (unpaired) electrons. The number of carbonyl (C=O) groups is 1. The van der Waals surface area contributed by atoms with Gasteiger partial charge < -0.3 is 15.3 Å². The van der Waals surface area contributed by atoms with E-state index in [1.54, 1.807) is 6.08 Å². The Hall–Kier alpha value is -2.17. The third-order valence-electron chi connectivity index (χ3n) is 3.36. The molecule has 0 aliphatic carbocycles. The van der Waals surface area contributed by atoms with Crippen LogP contribution in [0.5, 0.6) is 0 Å². The molecule has 0 saturated carbocycles. The maximum Gasteiger partial charge on any atom is 0.364 e. The molecular formula is C22H32O4. The van der Waals surface area contributed by atoms with Crippen LogP contribution in [0.15, 0.2) is 72.9 Å². The summed E-state index contributed by atoms with van der Waals surface area (Å²) in [4.78, 5) is 10.5. The maximum absolute atomic E-state index is 10.5. The number of carboxylic acids is 1. The second-order valence-corrected chi connectivity index (χ2v) is 5.78. The van der Waals surface area contributed by atoms with Crippen molar-refractivity contribution < 1.29 is 20.1 Å². The Bertz CT molecular complexity index is 534. The molecule has 0 fully saturated rings. The van der Waals surface area contributed by atoms with E-state index >= 15 is 0 Å². The summed E-state index contributed by atoms with van der Waals surface area (Å²) in [5.74, 6) is -4.32. The maximum atomic E-state index is 10.5. The van der Waals surface area contributed by atoms with Crippen molar-refractivity contribution in [3.63, 3.8) is 0 Å². The Morgan fingerprint density at radius 2 is 1.23 bits per heavy atom. The van der Waals surface area contributed by atoms with E-state index in [0.29, 0.717) is 6.42 Å². The van der Waals surface area contributed by atoms with E-state index in [4.69, 9.17) is 15.3 Å². The molecule has 144 valence electrons. The average Bonchev–Trinajstić information content (AvgIpc) is 2.60. The van der Waals surface area contributed by atoms with E-state index in [9.17, 15) is 4.79 Å². The van der Waals surface area contributed by atoms with Crippen LogP contribution >= 0.6 is 0 Å². The van der Waals surface area contributed by atoms with Gasteiger partial charge in [-0.05, 0) is 38.5 Å². The molecule has 0 heterocycles. The van der Waals surface area contributed by atoms with E-state index < -0.39 is 11.8 Å². The molecule has 4 heteroatoms. The van der Waals surface area contributed by atoms with Gasteiger partial charge in [0.05, 0.1) is 0 Å². The lowest BCUT2D eigenvalue weighted by atomic mass is 10.1. The number of aliphatic hydroxyl groups is 2. The molecule has 3 N–H and O–H groups in total. The summed E-state index contributed by atoms with van der Waals surface area (Å²) in [7, 11) is 0. The van der Waals surface area contributed by atoms with Gasteiger partial charge >= 0.3 is 5.97 Å². The molecule has 0 amide bonds. The highest BCUT2D eigenvalue weighted by atomic mass is 16.5. The molecule has 0 aromatic heterocycles. The summed E-state index contributed by atoms with van der Waals surface area (Å²) in [6, 6.07) is 0. The third kappa shape index (κ3) is 15.4. The minimum Gasteiger partial charge on any atom is -0.477 e. The second-order valence-electron chi connectivity index (χ2n) is 5.78. The molecule has 0 atom stereocenters. The van der Waals surface area contributed by atoms with Gasteiger partial charge in [-0.25, -0.2) is 4.79 Å². The normalized spacial score (nSPS) is 13.7. The van der Waals surface area contributed by atoms with Gasteiger partial charge in [0.25, 0.3) is 5.79 Å². The van der Waals surface area contributed by atoms with E-state index in [0.717, 1.165) is 32.1 Å². The van der Waals surface area contributed by atoms with Crippen LogP contribution in [0.25, 0.3) is 0 Å². The standard InChI is InChI=1S/C22H32O4/c1-2-3-4-5-6-7-8-9-10-11-12-13-14-15-16-17-18-19-20-22(25,26)21(23)24/h3-4,7-12,15-16,18-19,25-26H,2,5-6,13-14,17,20H2,1H3,(H,23,24)/b4-3-,8-7+,10-9+,12-11+,16-15-,19-18-. The fraction of sp³-hybridized carbons (Fsp3) is 0.409. The minimum atomic E-state index is -2.68. The lowest BCUT2D eigenvalue weighted by Crippen LogP contribution is -2.37. The van der Waals surface area contributed by atoms with E-state index in [1.807, 2.05) is 30.4 Å². The first-order valence-corrected chi connectivity index (χ1v) is 9.12. The van der Waals surface area contributed by atoms with Gasteiger partial charge in [-0.1, -0.05) is 79.8 Å². The molecule has 4 nitrogen and oxygen atoms in total. The third-order valence-corrected chi connectivity index (χ3v) is 3.36. The second kappa shape index (κ2) is 16.3. The zero-order valence-electron chi connectivity index (χ0n) is 15.6. The van der Waals surface area contributed by atoms with Crippen LogP contribution in [0.2, 0.25) is 0 Å². The molecular weight excluding hydrogens is 328 g/mol. The summed E-state index contributed by atoms with van der Waals surface area (Å²) in [5.41, 5.74) is 0. The van der Waals surface area contributed by atoms with Crippen molar-refractivity contribution in [2.45, 2.75) is 57.7 Å². The van der Waals surface area contributed by atoms with E-state index in [-0.39, 0.29) is 6.42 Å². The van der Waals surface area contributed by atoms with Crippen LogP contribution in [-0.4, -0.2) is 27.1 Å². The summed E-state index contributed by atoms with van der Waals surface area (Å²) in [5, 5.41) is 26.7. The Morgan fingerprint density at radius 1 is 0.731 bits per heavy atom. The van der Waals surface area contributed by atoms with Crippen molar-refractivity contribution in [3.05, 3.63) is 72.9 Å². The van der Waals surface area contributed by atoms with Crippen molar-refractivity contribution >= 4 is 5.97 Å². The lowest BCUT2D eigenvalue weighted by Gasteiger charge is -2.12. The van der Waals surface area contributed by atoms with E-state index in [1.165, 1.54) is 6.08 Å². The topological polar surface area (TPSA) is 77.8 Å². The number of unbranched alkanes of at least 4 members (excludes halogenated alkanes) is 2. The quantitative estimate of drug-likeness (QED) is 0.179. The highest BCUT2D eigenvalue weighted by molar-refractivity contribution is 5.75. The zero-order valence-corrected chi connectivity index (χ0v) is 15.6. The molecule has 26 heavy (non-hydrogen) atoms. The van der Waals surface area contributed by atoms with Crippen molar-refractivity contribution in [2.24, 2.45) is 0 Å². The summed E-state index contributed by atoms with van der Waals surface area (Å²) >= 11 is 0. The van der Waals surface area contributed by atoms with Crippen LogP contribution in [0.1, 0.15) is 51.9 Å². The smallest absolute Gasteiger partial charge is 0.364 e. The fourth-order valence-electron chi connectivity index (χ4n) is 1.87. The monoisotopic (exact) mass is 360 g/mol. The SMILES string of the molecule is CC/C=C\CC/C=C/C=C/C=C/CC/C=C\C/C=C\CC(O)(O)C(=O)O. The summed E-state index contributed by atoms with van der Waals surface area (Å²) in [6.45, 7) is 2.14. The Kier molecular flexibility index (Phi) is 14.9. The number of aliphatic carboxylic acids is 1. The van der Waals surface area contributed by atoms with Crippen molar-refractivity contribution in [1.29, 1.82) is 0 Å². The molecule has 0 aromatic rings. The average molecular weight is 360 g/mol. The van der Waals surface area contributed by atoms with E-state index in [2.05, 4.69) is 37.3 Å². The summed E-state index contributed by atoms with van der Waals surface area (Å²) < 4.78 is 0. The minimum absolute atomic E-state index is 0.324. The first-order chi connectivity index (χ1) is 12.5. The van der Waals surface area contributed by atoms with Gasteiger partial charge in [-0.2, -0.15) is 0 Å². The zero-order chi connectivity index (χ0) is 19.5. The predicted octanol–water partition coefficient (Wildman–Crippen LogP) is 4.84. The van der Waals surface area contributed by atoms with Crippen LogP contribution in [-0.2, 0) is 4.79 Å². The molecule has 0 rings (SSSR count). The van der Waals surface area contributed by atoms with Gasteiger partial charge in [-0.15, -0.1) is 0 Å². The fourth-order valence-corrected chi connectivity index (χ4v) is 1.87. The van der Waals surface area contributed by atoms with Gasteiger partial charge in [-0.3, -0.25) is 0 Å².